The highest BCUT2D eigenvalue weighted by atomic mass is 16.2. The summed E-state index contributed by atoms with van der Waals surface area (Å²) in [4.78, 5) is 32.9. The van der Waals surface area contributed by atoms with Gasteiger partial charge in [-0.3, -0.25) is 14.5 Å². The molecule has 5 nitrogen and oxygen atoms in total. The van der Waals surface area contributed by atoms with Crippen molar-refractivity contribution in [3.8, 4) is 0 Å². The highest BCUT2D eigenvalue weighted by Gasteiger charge is 2.42. The molecule has 32 heavy (non-hydrogen) atoms. The molecule has 0 aromatic heterocycles. The number of unbranched alkanes of at least 4 members (excludes halogenated alkanes) is 7. The van der Waals surface area contributed by atoms with Crippen molar-refractivity contribution in [2.75, 3.05) is 39.8 Å². The number of amides is 2. The fourth-order valence-electron chi connectivity index (χ4n) is 4.83. The Balaban J connectivity index is 1.72. The number of rotatable bonds is 11. The van der Waals surface area contributed by atoms with Gasteiger partial charge in [0.05, 0.1) is 5.57 Å². The second-order valence-corrected chi connectivity index (χ2v) is 9.57. The van der Waals surface area contributed by atoms with Crippen molar-refractivity contribution in [2.24, 2.45) is 0 Å². The van der Waals surface area contributed by atoms with E-state index in [0.29, 0.717) is 17.8 Å². The Labute approximate surface area is 194 Å². The van der Waals surface area contributed by atoms with Gasteiger partial charge in [0.2, 0.25) is 0 Å². The first-order chi connectivity index (χ1) is 15.4. The molecule has 1 aromatic rings. The van der Waals surface area contributed by atoms with Crippen molar-refractivity contribution < 1.29 is 9.59 Å². The summed E-state index contributed by atoms with van der Waals surface area (Å²) < 4.78 is 0. The van der Waals surface area contributed by atoms with E-state index >= 15 is 0 Å². The maximum atomic E-state index is 13.5. The van der Waals surface area contributed by atoms with E-state index in [1.54, 1.807) is 0 Å². The zero-order valence-electron chi connectivity index (χ0n) is 20.6. The summed E-state index contributed by atoms with van der Waals surface area (Å²) in [5.41, 5.74) is 4.36. The molecule has 2 heterocycles. The monoisotopic (exact) mass is 439 g/mol. The Hall–Kier alpha value is -2.14. The van der Waals surface area contributed by atoms with Gasteiger partial charge in [0.15, 0.2) is 0 Å². The van der Waals surface area contributed by atoms with Gasteiger partial charge >= 0.3 is 0 Å². The SMILES string of the molecule is CCCCCCCCCCN1C(=O)C(c2ccc(C)cc2C)=C(N2CCN(C)CC2)C1=O. The Kier molecular flexibility index (Phi) is 8.92. The summed E-state index contributed by atoms with van der Waals surface area (Å²) in [5, 5.41) is 0. The second-order valence-electron chi connectivity index (χ2n) is 9.57. The van der Waals surface area contributed by atoms with E-state index in [0.717, 1.165) is 50.1 Å². The average molecular weight is 440 g/mol. The van der Waals surface area contributed by atoms with Gasteiger partial charge in [-0.15, -0.1) is 0 Å². The Bertz CT molecular complexity index is 837. The molecule has 1 aromatic carbocycles. The second kappa shape index (κ2) is 11.6. The molecule has 2 aliphatic heterocycles. The van der Waals surface area contributed by atoms with Crippen molar-refractivity contribution in [1.29, 1.82) is 0 Å². The Morgan fingerprint density at radius 3 is 2.06 bits per heavy atom. The predicted molar refractivity (Wildman–Crippen MR) is 131 cm³/mol. The number of imide groups is 1. The summed E-state index contributed by atoms with van der Waals surface area (Å²) in [6.07, 6.45) is 9.60. The van der Waals surface area contributed by atoms with Crippen LogP contribution >= 0.6 is 0 Å². The fourth-order valence-corrected chi connectivity index (χ4v) is 4.83. The van der Waals surface area contributed by atoms with E-state index in [1.807, 2.05) is 19.1 Å². The molecule has 2 aliphatic rings. The predicted octanol–water partition coefficient (Wildman–Crippen LogP) is 4.77. The molecule has 5 heteroatoms. The molecule has 1 saturated heterocycles. The van der Waals surface area contributed by atoms with Crippen molar-refractivity contribution in [3.05, 3.63) is 40.6 Å². The normalized spacial score (nSPS) is 17.8. The largest absolute Gasteiger partial charge is 0.364 e. The lowest BCUT2D eigenvalue weighted by atomic mass is 9.97. The van der Waals surface area contributed by atoms with Crippen LogP contribution in [-0.2, 0) is 9.59 Å². The number of nitrogens with zero attached hydrogens (tertiary/aromatic N) is 3. The van der Waals surface area contributed by atoms with Gasteiger partial charge in [-0.2, -0.15) is 0 Å². The van der Waals surface area contributed by atoms with Gasteiger partial charge in [-0.05, 0) is 38.4 Å². The zero-order valence-corrected chi connectivity index (χ0v) is 20.6. The van der Waals surface area contributed by atoms with Crippen LogP contribution in [0.2, 0.25) is 0 Å². The molecule has 0 N–H and O–H groups in total. The number of hydrogen-bond donors (Lipinski definition) is 0. The topological polar surface area (TPSA) is 43.9 Å². The van der Waals surface area contributed by atoms with Crippen LogP contribution in [0.25, 0.3) is 5.57 Å². The van der Waals surface area contributed by atoms with Crippen molar-refractivity contribution in [1.82, 2.24) is 14.7 Å². The molecule has 1 fully saturated rings. The third kappa shape index (κ3) is 5.80. The third-order valence-electron chi connectivity index (χ3n) is 6.85. The van der Waals surface area contributed by atoms with Crippen LogP contribution in [0, 0.1) is 13.8 Å². The van der Waals surface area contributed by atoms with Crippen LogP contribution in [0.3, 0.4) is 0 Å². The summed E-state index contributed by atoms with van der Waals surface area (Å²) in [5.74, 6) is -0.212. The maximum absolute atomic E-state index is 13.5. The number of likely N-dealkylation sites (N-methyl/N-ethyl adjacent to an activating group) is 1. The molecule has 0 radical (unpaired) electrons. The number of benzene rings is 1. The summed E-state index contributed by atoms with van der Waals surface area (Å²) in [6, 6.07) is 6.15. The van der Waals surface area contributed by atoms with Crippen LogP contribution in [0.5, 0.6) is 0 Å². The van der Waals surface area contributed by atoms with Gasteiger partial charge in [0.1, 0.15) is 5.70 Å². The van der Waals surface area contributed by atoms with Crippen LogP contribution < -0.4 is 0 Å². The van der Waals surface area contributed by atoms with Crippen molar-refractivity contribution in [3.63, 3.8) is 0 Å². The molecule has 0 spiro atoms. The van der Waals surface area contributed by atoms with Gasteiger partial charge in [-0.1, -0.05) is 75.6 Å². The van der Waals surface area contributed by atoms with Crippen LogP contribution in [-0.4, -0.2) is 66.3 Å². The van der Waals surface area contributed by atoms with Gasteiger partial charge in [0, 0.05) is 32.7 Å². The Morgan fingerprint density at radius 1 is 0.812 bits per heavy atom. The third-order valence-corrected chi connectivity index (χ3v) is 6.85. The zero-order chi connectivity index (χ0) is 23.1. The molecular formula is C27H41N3O2. The van der Waals surface area contributed by atoms with E-state index in [9.17, 15) is 9.59 Å². The average Bonchev–Trinajstić information content (AvgIpc) is 3.01. The molecule has 0 aliphatic carbocycles. The molecule has 0 saturated carbocycles. The molecular weight excluding hydrogens is 398 g/mol. The lowest BCUT2D eigenvalue weighted by Gasteiger charge is -2.34. The Morgan fingerprint density at radius 2 is 1.44 bits per heavy atom. The molecule has 0 bridgehead atoms. The van der Waals surface area contributed by atoms with E-state index < -0.39 is 0 Å². The number of hydrogen-bond acceptors (Lipinski definition) is 4. The number of aryl methyl sites for hydroxylation is 2. The minimum atomic E-state index is -0.112. The minimum absolute atomic E-state index is 0.0996. The number of carbonyl (C=O) groups excluding carboxylic acids is 2. The van der Waals surface area contributed by atoms with E-state index in [2.05, 4.69) is 36.8 Å². The fraction of sp³-hybridized carbons (Fsp3) is 0.630. The highest BCUT2D eigenvalue weighted by molar-refractivity contribution is 6.35. The highest BCUT2D eigenvalue weighted by Crippen LogP contribution is 2.34. The first-order valence-corrected chi connectivity index (χ1v) is 12.6. The number of piperazine rings is 1. The lowest BCUT2D eigenvalue weighted by molar-refractivity contribution is -0.137. The summed E-state index contributed by atoms with van der Waals surface area (Å²) in [7, 11) is 2.10. The summed E-state index contributed by atoms with van der Waals surface area (Å²) in [6.45, 7) is 10.2. The van der Waals surface area contributed by atoms with Crippen molar-refractivity contribution in [2.45, 2.75) is 72.1 Å². The minimum Gasteiger partial charge on any atom is -0.364 e. The first kappa shape index (κ1) is 24.5. The van der Waals surface area contributed by atoms with E-state index in [1.165, 1.54) is 49.0 Å². The maximum Gasteiger partial charge on any atom is 0.277 e. The summed E-state index contributed by atoms with van der Waals surface area (Å²) >= 11 is 0. The van der Waals surface area contributed by atoms with Gasteiger partial charge < -0.3 is 9.80 Å². The van der Waals surface area contributed by atoms with Crippen LogP contribution in [0.1, 0.15) is 75.0 Å². The van der Waals surface area contributed by atoms with Gasteiger partial charge in [-0.25, -0.2) is 0 Å². The quantitative estimate of drug-likeness (QED) is 0.368. The number of carbonyl (C=O) groups is 2. The van der Waals surface area contributed by atoms with Gasteiger partial charge in [0.25, 0.3) is 11.8 Å². The molecule has 3 rings (SSSR count). The molecule has 0 atom stereocenters. The molecule has 0 unspecified atom stereocenters. The van der Waals surface area contributed by atoms with Crippen molar-refractivity contribution >= 4 is 17.4 Å². The smallest absolute Gasteiger partial charge is 0.277 e. The van der Waals surface area contributed by atoms with Crippen LogP contribution in [0.15, 0.2) is 23.9 Å². The molecule has 2 amide bonds. The van der Waals surface area contributed by atoms with E-state index in [4.69, 9.17) is 0 Å². The molecule has 176 valence electrons. The standard InChI is InChI=1S/C27H41N3O2/c1-5-6-7-8-9-10-11-12-15-30-26(31)24(23-14-13-21(2)20-22(23)3)25(27(30)32)29-18-16-28(4)17-19-29/h13-14,20H,5-12,15-19H2,1-4H3. The van der Waals surface area contributed by atoms with E-state index in [-0.39, 0.29) is 11.8 Å². The lowest BCUT2D eigenvalue weighted by Crippen LogP contribution is -2.46. The first-order valence-electron chi connectivity index (χ1n) is 12.6. The van der Waals surface area contributed by atoms with Crippen LogP contribution in [0.4, 0.5) is 0 Å².